The Morgan fingerprint density at radius 3 is 1.52 bits per heavy atom. The number of fused-ring (bicyclic) bond motifs is 3. The highest BCUT2D eigenvalue weighted by Gasteiger charge is 2.33. The topological polar surface area (TPSA) is 88.5 Å². The monoisotopic (exact) mass is 448 g/mol. The number of hydrogen-bond donors (Lipinski definition) is 1. The van der Waals surface area contributed by atoms with Gasteiger partial charge in [0.05, 0.1) is 14.7 Å². The van der Waals surface area contributed by atoms with Crippen molar-refractivity contribution in [2.75, 3.05) is 0 Å². The molecule has 0 saturated heterocycles. The zero-order valence-electron chi connectivity index (χ0n) is 16.1. The van der Waals surface area contributed by atoms with Crippen LogP contribution < -0.4 is 0 Å². The predicted octanol–water partition coefficient (Wildman–Crippen LogP) is 5.08. The molecule has 5 nitrogen and oxygen atoms in total. The van der Waals surface area contributed by atoms with E-state index >= 15 is 0 Å². The van der Waals surface area contributed by atoms with Crippen LogP contribution in [0.3, 0.4) is 0 Å². The van der Waals surface area contributed by atoms with Crippen LogP contribution in [0, 0.1) is 0 Å². The molecule has 7 heteroatoms. The summed E-state index contributed by atoms with van der Waals surface area (Å²) in [5.74, 6) is 0. The Kier molecular flexibility index (Phi) is 4.37. The molecule has 0 spiro atoms. The van der Waals surface area contributed by atoms with Crippen LogP contribution in [-0.4, -0.2) is 21.4 Å². The maximum atomic E-state index is 13.3. The third-order valence-electron chi connectivity index (χ3n) is 5.43. The number of hydrogen-bond acceptors (Lipinski definition) is 4. The Hall–Kier alpha value is -3.26. The molecule has 4 aromatic carbocycles. The predicted molar refractivity (Wildman–Crippen MR) is 118 cm³/mol. The third-order valence-corrected chi connectivity index (χ3v) is 8.13. The van der Waals surface area contributed by atoms with Crippen molar-refractivity contribution in [3.8, 4) is 33.4 Å². The van der Waals surface area contributed by atoms with Gasteiger partial charge in [0, 0.05) is 11.1 Å². The average molecular weight is 449 g/mol. The molecule has 1 heterocycles. The Bertz CT molecular complexity index is 1540. The van der Waals surface area contributed by atoms with Crippen molar-refractivity contribution in [1.29, 1.82) is 0 Å². The molecule has 0 radical (unpaired) electrons. The van der Waals surface area contributed by atoms with Crippen LogP contribution in [0.4, 0.5) is 0 Å². The van der Waals surface area contributed by atoms with Crippen LogP contribution in [0.5, 0.6) is 0 Å². The molecular formula is C24H16O5S2. The summed E-state index contributed by atoms with van der Waals surface area (Å²) in [5.41, 5.74) is 4.37. The zero-order valence-corrected chi connectivity index (χ0v) is 17.7. The van der Waals surface area contributed by atoms with Gasteiger partial charge in [-0.25, -0.2) is 8.42 Å². The van der Waals surface area contributed by atoms with E-state index in [0.29, 0.717) is 22.3 Å². The molecule has 31 heavy (non-hydrogen) atoms. The van der Waals surface area contributed by atoms with Gasteiger partial charge in [-0.2, -0.15) is 8.42 Å². The molecular weight excluding hydrogens is 432 g/mol. The molecule has 1 N–H and O–H groups in total. The molecule has 0 unspecified atom stereocenters. The fraction of sp³-hybridized carbons (Fsp3) is 0. The van der Waals surface area contributed by atoms with Gasteiger partial charge in [0.1, 0.15) is 0 Å². The Balaban J connectivity index is 1.60. The van der Waals surface area contributed by atoms with Crippen molar-refractivity contribution in [2.24, 2.45) is 0 Å². The number of sulfone groups is 1. The summed E-state index contributed by atoms with van der Waals surface area (Å²) in [6, 6.07) is 25.9. The van der Waals surface area contributed by atoms with E-state index in [2.05, 4.69) is 0 Å². The molecule has 154 valence electrons. The molecule has 0 aliphatic carbocycles. The smallest absolute Gasteiger partial charge is 0.282 e. The van der Waals surface area contributed by atoms with Crippen molar-refractivity contribution in [1.82, 2.24) is 0 Å². The van der Waals surface area contributed by atoms with E-state index in [0.717, 1.165) is 11.1 Å². The third kappa shape index (κ3) is 3.27. The minimum Gasteiger partial charge on any atom is -0.282 e. The molecule has 0 amide bonds. The SMILES string of the molecule is O=S(=O)(O)c1ccc(-c2ccc3c(c2)S(=O)(=O)c2cc(-c4ccccc4)ccc2-3)cc1. The number of benzene rings is 4. The molecule has 0 bridgehead atoms. The lowest BCUT2D eigenvalue weighted by Gasteiger charge is -2.06. The summed E-state index contributed by atoms with van der Waals surface area (Å²) >= 11 is 0. The van der Waals surface area contributed by atoms with Gasteiger partial charge in [0.25, 0.3) is 10.1 Å². The lowest BCUT2D eigenvalue weighted by Crippen LogP contribution is -1.98. The summed E-state index contributed by atoms with van der Waals surface area (Å²) in [5, 5.41) is 0. The van der Waals surface area contributed by atoms with Gasteiger partial charge in [0.2, 0.25) is 9.84 Å². The van der Waals surface area contributed by atoms with Crippen molar-refractivity contribution < 1.29 is 21.4 Å². The highest BCUT2D eigenvalue weighted by atomic mass is 32.2. The molecule has 5 rings (SSSR count). The maximum Gasteiger partial charge on any atom is 0.294 e. The summed E-state index contributed by atoms with van der Waals surface area (Å²) in [7, 11) is -7.98. The van der Waals surface area contributed by atoms with Crippen LogP contribution in [0.2, 0.25) is 0 Å². The second-order valence-corrected chi connectivity index (χ2v) is 10.6. The van der Waals surface area contributed by atoms with E-state index in [1.165, 1.54) is 24.3 Å². The van der Waals surface area contributed by atoms with Crippen molar-refractivity contribution >= 4 is 20.0 Å². The average Bonchev–Trinajstić information content (AvgIpc) is 3.00. The first-order valence-electron chi connectivity index (χ1n) is 9.42. The normalized spacial score (nSPS) is 14.1. The van der Waals surface area contributed by atoms with Gasteiger partial charge < -0.3 is 0 Å². The van der Waals surface area contributed by atoms with Gasteiger partial charge in [-0.1, -0.05) is 66.7 Å². The van der Waals surface area contributed by atoms with Crippen LogP contribution in [0.25, 0.3) is 33.4 Å². The summed E-state index contributed by atoms with van der Waals surface area (Å²) in [4.78, 5) is 0.290. The van der Waals surface area contributed by atoms with Gasteiger partial charge in [-0.05, 0) is 46.5 Å². The zero-order chi connectivity index (χ0) is 21.8. The first-order chi connectivity index (χ1) is 14.7. The molecule has 0 atom stereocenters. The number of rotatable bonds is 3. The molecule has 0 saturated carbocycles. The second-order valence-electron chi connectivity index (χ2n) is 7.29. The van der Waals surface area contributed by atoms with E-state index in [1.807, 2.05) is 42.5 Å². The lowest BCUT2D eigenvalue weighted by molar-refractivity contribution is 0.483. The van der Waals surface area contributed by atoms with Crippen molar-refractivity contribution in [2.45, 2.75) is 14.7 Å². The fourth-order valence-corrected chi connectivity index (χ4v) is 6.08. The standard InChI is InChI=1S/C24H16O5S2/c25-30(26)23-14-18(16-4-2-1-3-5-16)8-12-21(23)22-13-9-19(15-24(22)30)17-6-10-20(11-7-17)31(27,28)29/h1-15H,(H,27,28,29). The van der Waals surface area contributed by atoms with Crippen LogP contribution >= 0.6 is 0 Å². The highest BCUT2D eigenvalue weighted by Crippen LogP contribution is 2.45. The molecule has 0 fully saturated rings. The maximum absolute atomic E-state index is 13.3. The summed E-state index contributed by atoms with van der Waals surface area (Å²) < 4.78 is 58.3. The first-order valence-corrected chi connectivity index (χ1v) is 12.3. The molecule has 0 aromatic heterocycles. The summed E-state index contributed by atoms with van der Waals surface area (Å²) in [6.07, 6.45) is 0. The van der Waals surface area contributed by atoms with Crippen LogP contribution in [-0.2, 0) is 20.0 Å². The van der Waals surface area contributed by atoms with Crippen LogP contribution in [0.1, 0.15) is 0 Å². The lowest BCUT2D eigenvalue weighted by atomic mass is 9.98. The van der Waals surface area contributed by atoms with E-state index in [1.54, 1.807) is 24.3 Å². The fourth-order valence-electron chi connectivity index (χ4n) is 3.86. The minimum atomic E-state index is -4.29. The minimum absolute atomic E-state index is 0.217. The van der Waals surface area contributed by atoms with Crippen molar-refractivity contribution in [3.63, 3.8) is 0 Å². The highest BCUT2D eigenvalue weighted by molar-refractivity contribution is 7.92. The van der Waals surface area contributed by atoms with Gasteiger partial charge in [0.15, 0.2) is 0 Å². The first kappa shape index (κ1) is 19.7. The quantitative estimate of drug-likeness (QED) is 0.389. The Morgan fingerprint density at radius 2 is 1.03 bits per heavy atom. The molecule has 1 aliphatic heterocycles. The van der Waals surface area contributed by atoms with E-state index in [-0.39, 0.29) is 14.7 Å². The second kappa shape index (κ2) is 6.88. The van der Waals surface area contributed by atoms with E-state index in [4.69, 9.17) is 4.55 Å². The Labute approximate surface area is 180 Å². The largest absolute Gasteiger partial charge is 0.294 e. The van der Waals surface area contributed by atoms with Crippen molar-refractivity contribution in [3.05, 3.63) is 91.0 Å². The van der Waals surface area contributed by atoms with E-state index in [9.17, 15) is 16.8 Å². The van der Waals surface area contributed by atoms with Crippen LogP contribution in [0.15, 0.2) is 106 Å². The van der Waals surface area contributed by atoms with E-state index < -0.39 is 20.0 Å². The van der Waals surface area contributed by atoms with Gasteiger partial charge in [-0.15, -0.1) is 0 Å². The van der Waals surface area contributed by atoms with Gasteiger partial charge in [-0.3, -0.25) is 4.55 Å². The Morgan fingerprint density at radius 1 is 0.581 bits per heavy atom. The summed E-state index contributed by atoms with van der Waals surface area (Å²) in [6.45, 7) is 0. The molecule has 1 aliphatic rings. The molecule has 4 aromatic rings. The van der Waals surface area contributed by atoms with Gasteiger partial charge >= 0.3 is 0 Å².